The van der Waals surface area contributed by atoms with Crippen molar-refractivity contribution in [1.29, 1.82) is 0 Å². The zero-order valence-corrected chi connectivity index (χ0v) is 15.1. The third-order valence-electron chi connectivity index (χ3n) is 4.55. The number of rotatable bonds is 6. The molecule has 1 N–H and O–H groups in total. The van der Waals surface area contributed by atoms with Crippen molar-refractivity contribution in [3.63, 3.8) is 0 Å². The Morgan fingerprint density at radius 2 is 2.23 bits per heavy atom. The van der Waals surface area contributed by atoms with Crippen LogP contribution in [-0.2, 0) is 17.8 Å². The van der Waals surface area contributed by atoms with Gasteiger partial charge in [0.05, 0.1) is 5.69 Å². The number of hydrogen-bond donors (Lipinski definition) is 1. The molecule has 0 unspecified atom stereocenters. The lowest BCUT2D eigenvalue weighted by atomic mass is 9.94. The Bertz CT molecular complexity index is 780. The predicted molar refractivity (Wildman–Crippen MR) is 92.8 cm³/mol. The van der Waals surface area contributed by atoms with Crippen LogP contribution >= 0.6 is 0 Å². The van der Waals surface area contributed by atoms with Gasteiger partial charge in [-0.2, -0.15) is 5.10 Å². The molecule has 8 nitrogen and oxygen atoms in total. The number of piperidine rings is 1. The van der Waals surface area contributed by atoms with Crippen LogP contribution in [0.2, 0.25) is 0 Å². The lowest BCUT2D eigenvalue weighted by Gasteiger charge is -2.32. The molecule has 0 aromatic carbocycles. The van der Waals surface area contributed by atoms with Crippen molar-refractivity contribution in [2.75, 3.05) is 13.1 Å². The van der Waals surface area contributed by atoms with Crippen molar-refractivity contribution in [3.8, 4) is 0 Å². The zero-order valence-electron chi connectivity index (χ0n) is 15.1. The molecule has 2 aromatic rings. The average Bonchev–Trinajstić information content (AvgIpc) is 3.23. The second kappa shape index (κ2) is 7.72. The summed E-state index contributed by atoms with van der Waals surface area (Å²) < 4.78 is 6.74. The van der Waals surface area contributed by atoms with Gasteiger partial charge in [-0.1, -0.05) is 19.0 Å². The van der Waals surface area contributed by atoms with E-state index in [1.165, 1.54) is 4.68 Å². The maximum absolute atomic E-state index is 12.8. The predicted octanol–water partition coefficient (Wildman–Crippen LogP) is 2.17. The minimum Gasteiger partial charge on any atom is -0.480 e. The summed E-state index contributed by atoms with van der Waals surface area (Å²) in [5.41, 5.74) is 1.64. The van der Waals surface area contributed by atoms with Crippen LogP contribution in [0.25, 0.3) is 0 Å². The molecular formula is C18H24N4O4. The van der Waals surface area contributed by atoms with Crippen molar-refractivity contribution in [3.05, 3.63) is 35.5 Å². The summed E-state index contributed by atoms with van der Waals surface area (Å²) in [5.74, 6) is -0.329. The van der Waals surface area contributed by atoms with Crippen molar-refractivity contribution < 1.29 is 19.2 Å². The molecule has 26 heavy (non-hydrogen) atoms. The second-order valence-electron chi connectivity index (χ2n) is 7.18. The van der Waals surface area contributed by atoms with Gasteiger partial charge < -0.3 is 14.5 Å². The molecule has 0 aliphatic carbocycles. The van der Waals surface area contributed by atoms with Gasteiger partial charge in [-0.25, -0.2) is 0 Å². The molecule has 3 heterocycles. The van der Waals surface area contributed by atoms with Crippen LogP contribution in [0.3, 0.4) is 0 Å². The van der Waals surface area contributed by atoms with E-state index in [1.807, 2.05) is 6.07 Å². The molecule has 2 aromatic heterocycles. The first-order valence-corrected chi connectivity index (χ1v) is 8.92. The maximum Gasteiger partial charge on any atom is 0.325 e. The van der Waals surface area contributed by atoms with E-state index in [0.29, 0.717) is 19.0 Å². The minimum atomic E-state index is -0.932. The quantitative estimate of drug-likeness (QED) is 0.847. The van der Waals surface area contributed by atoms with Gasteiger partial charge in [0.15, 0.2) is 0 Å². The number of nitrogens with zero attached hydrogens (tertiary/aromatic N) is 4. The fraction of sp³-hybridized carbons (Fsp3) is 0.556. The number of amides is 1. The Morgan fingerprint density at radius 3 is 2.96 bits per heavy atom. The largest absolute Gasteiger partial charge is 0.480 e. The van der Waals surface area contributed by atoms with Crippen LogP contribution < -0.4 is 0 Å². The van der Waals surface area contributed by atoms with Crippen molar-refractivity contribution in [2.45, 2.75) is 45.6 Å². The van der Waals surface area contributed by atoms with Crippen LogP contribution in [0.4, 0.5) is 0 Å². The van der Waals surface area contributed by atoms with Crippen molar-refractivity contribution in [2.24, 2.45) is 5.92 Å². The first-order chi connectivity index (χ1) is 12.4. The average molecular weight is 360 g/mol. The number of carboxylic acid groups (broad SMARTS) is 1. The molecule has 8 heteroatoms. The van der Waals surface area contributed by atoms with Crippen LogP contribution in [-0.4, -0.2) is 49.9 Å². The summed E-state index contributed by atoms with van der Waals surface area (Å²) in [5, 5.41) is 17.1. The van der Waals surface area contributed by atoms with Gasteiger partial charge in [-0.3, -0.25) is 14.3 Å². The highest BCUT2D eigenvalue weighted by Crippen LogP contribution is 2.28. The van der Waals surface area contributed by atoms with Crippen LogP contribution in [0.5, 0.6) is 0 Å². The van der Waals surface area contributed by atoms with Crippen LogP contribution in [0.1, 0.15) is 54.5 Å². The fourth-order valence-corrected chi connectivity index (χ4v) is 3.44. The monoisotopic (exact) mass is 360 g/mol. The lowest BCUT2D eigenvalue weighted by Crippen LogP contribution is -2.39. The van der Waals surface area contributed by atoms with E-state index >= 15 is 0 Å². The Kier molecular flexibility index (Phi) is 5.39. The van der Waals surface area contributed by atoms with E-state index in [-0.39, 0.29) is 24.1 Å². The van der Waals surface area contributed by atoms with Crippen LogP contribution in [0, 0.1) is 5.92 Å². The highest BCUT2D eigenvalue weighted by Gasteiger charge is 2.29. The number of aromatic nitrogens is 3. The molecule has 1 fully saturated rings. The Morgan fingerprint density at radius 1 is 1.42 bits per heavy atom. The molecule has 1 aliphatic heterocycles. The maximum atomic E-state index is 12.8. The van der Waals surface area contributed by atoms with E-state index in [9.17, 15) is 9.59 Å². The number of carboxylic acids is 1. The third-order valence-corrected chi connectivity index (χ3v) is 4.55. The summed E-state index contributed by atoms with van der Waals surface area (Å²) >= 11 is 0. The molecule has 0 spiro atoms. The Hall–Kier alpha value is -2.64. The first kappa shape index (κ1) is 18.2. The molecule has 1 aliphatic rings. The number of aliphatic carboxylic acids is 1. The summed E-state index contributed by atoms with van der Waals surface area (Å²) in [4.78, 5) is 25.5. The zero-order chi connectivity index (χ0) is 18.7. The number of carbonyl (C=O) groups excluding carboxylic acids is 1. The van der Waals surface area contributed by atoms with E-state index in [4.69, 9.17) is 9.63 Å². The van der Waals surface area contributed by atoms with Gasteiger partial charge in [-0.05, 0) is 31.2 Å². The van der Waals surface area contributed by atoms with E-state index in [2.05, 4.69) is 24.1 Å². The second-order valence-corrected chi connectivity index (χ2v) is 7.18. The highest BCUT2D eigenvalue weighted by atomic mass is 16.5. The van der Waals surface area contributed by atoms with Gasteiger partial charge in [0, 0.05) is 37.0 Å². The number of carbonyl (C=O) groups is 2. The Balaban J connectivity index is 1.70. The molecule has 1 amide bonds. The summed E-state index contributed by atoms with van der Waals surface area (Å²) in [6.45, 7) is 5.18. The molecule has 0 radical (unpaired) electrons. The molecule has 140 valence electrons. The van der Waals surface area contributed by atoms with E-state index in [0.717, 1.165) is 30.7 Å². The summed E-state index contributed by atoms with van der Waals surface area (Å²) in [7, 11) is 0. The molecule has 3 rings (SSSR count). The minimum absolute atomic E-state index is 0.0626. The Labute approximate surface area is 151 Å². The van der Waals surface area contributed by atoms with Gasteiger partial charge in [-0.15, -0.1) is 0 Å². The highest BCUT2D eigenvalue weighted by molar-refractivity contribution is 5.91. The van der Waals surface area contributed by atoms with Gasteiger partial charge in [0.25, 0.3) is 5.91 Å². The van der Waals surface area contributed by atoms with Gasteiger partial charge in [0.1, 0.15) is 6.54 Å². The molecule has 0 bridgehead atoms. The van der Waals surface area contributed by atoms with E-state index in [1.54, 1.807) is 17.2 Å². The first-order valence-electron chi connectivity index (χ1n) is 8.92. The third kappa shape index (κ3) is 4.12. The molecule has 1 saturated heterocycles. The topological polar surface area (TPSA) is 101 Å². The summed E-state index contributed by atoms with van der Waals surface area (Å²) in [6, 6.07) is 3.55. The standard InChI is InChI=1S/C18H24N4O4/c1-12(2)8-14-9-16(26-20-14)18(25)21-7-3-4-13(10-21)15-5-6-19-22(15)11-17(23)24/h5-6,9,12-13H,3-4,7-8,10-11H2,1-2H3,(H,23,24)/t13-/m0/s1. The lowest BCUT2D eigenvalue weighted by molar-refractivity contribution is -0.137. The van der Waals surface area contributed by atoms with Gasteiger partial charge in [0.2, 0.25) is 5.76 Å². The molecule has 0 saturated carbocycles. The SMILES string of the molecule is CC(C)Cc1cc(C(=O)N2CCC[C@H](c3ccnn3CC(=O)O)C2)on1. The van der Waals surface area contributed by atoms with Crippen LogP contribution in [0.15, 0.2) is 22.9 Å². The van der Waals surface area contributed by atoms with Gasteiger partial charge >= 0.3 is 5.97 Å². The number of hydrogen-bond acceptors (Lipinski definition) is 5. The normalized spacial score (nSPS) is 17.7. The summed E-state index contributed by atoms with van der Waals surface area (Å²) in [6.07, 6.45) is 4.12. The fourth-order valence-electron chi connectivity index (χ4n) is 3.44. The smallest absolute Gasteiger partial charge is 0.325 e. The molecular weight excluding hydrogens is 336 g/mol. The van der Waals surface area contributed by atoms with Crippen molar-refractivity contribution in [1.82, 2.24) is 19.8 Å². The molecule has 1 atom stereocenters. The van der Waals surface area contributed by atoms with Crippen molar-refractivity contribution >= 4 is 11.9 Å². The van der Waals surface area contributed by atoms with E-state index < -0.39 is 5.97 Å². The number of likely N-dealkylation sites (tertiary alicyclic amines) is 1.